The van der Waals surface area contributed by atoms with Crippen molar-refractivity contribution in [3.63, 3.8) is 0 Å². The monoisotopic (exact) mass is 373 g/mol. The molecule has 0 atom stereocenters. The van der Waals surface area contributed by atoms with Gasteiger partial charge in [0.05, 0.1) is 12.8 Å². The van der Waals surface area contributed by atoms with E-state index in [0.717, 1.165) is 22.6 Å². The number of hydrogen-bond donors (Lipinski definition) is 2. The van der Waals surface area contributed by atoms with Gasteiger partial charge >= 0.3 is 0 Å². The van der Waals surface area contributed by atoms with Crippen LogP contribution in [-0.4, -0.2) is 18.7 Å². The molecule has 28 heavy (non-hydrogen) atoms. The molecular formula is C23H23N3O2. The number of benzene rings is 3. The Kier molecular flexibility index (Phi) is 6.79. The first-order chi connectivity index (χ1) is 13.7. The van der Waals surface area contributed by atoms with Gasteiger partial charge in [-0.1, -0.05) is 48.0 Å². The van der Waals surface area contributed by atoms with Gasteiger partial charge in [-0.05, 0) is 54.4 Å². The van der Waals surface area contributed by atoms with Crippen molar-refractivity contribution in [2.75, 3.05) is 11.9 Å². The Labute approximate surface area is 165 Å². The number of carbonyl (C=O) groups is 1. The highest BCUT2D eigenvalue weighted by molar-refractivity contribution is 5.84. The van der Waals surface area contributed by atoms with E-state index in [9.17, 15) is 4.79 Å². The third-order valence-corrected chi connectivity index (χ3v) is 4.04. The lowest BCUT2D eigenvalue weighted by Crippen LogP contribution is -2.25. The molecule has 5 nitrogen and oxygen atoms in total. The molecule has 0 saturated heterocycles. The predicted molar refractivity (Wildman–Crippen MR) is 113 cm³/mol. The Balaban J connectivity index is 1.41. The van der Waals surface area contributed by atoms with E-state index in [1.807, 2.05) is 85.8 Å². The molecule has 0 heterocycles. The van der Waals surface area contributed by atoms with Crippen molar-refractivity contribution in [2.24, 2.45) is 5.10 Å². The van der Waals surface area contributed by atoms with E-state index < -0.39 is 0 Å². The van der Waals surface area contributed by atoms with Gasteiger partial charge in [0.15, 0.2) is 0 Å². The lowest BCUT2D eigenvalue weighted by molar-refractivity contribution is -0.119. The minimum absolute atomic E-state index is 0.159. The molecule has 0 aliphatic carbocycles. The molecule has 3 rings (SSSR count). The van der Waals surface area contributed by atoms with Crippen molar-refractivity contribution < 1.29 is 9.53 Å². The Hall–Kier alpha value is -3.60. The number of hydrazone groups is 1. The van der Waals surface area contributed by atoms with E-state index in [0.29, 0.717) is 6.61 Å². The molecule has 0 bridgehead atoms. The van der Waals surface area contributed by atoms with Crippen LogP contribution < -0.4 is 15.5 Å². The Morgan fingerprint density at radius 3 is 2.39 bits per heavy atom. The van der Waals surface area contributed by atoms with Crippen LogP contribution in [0.25, 0.3) is 0 Å². The number of rotatable bonds is 8. The SMILES string of the molecule is Cc1ccc(NCC(=O)N/N=C\c2ccc(OCc3ccccc3)cc2)cc1. The number of aryl methyl sites for hydroxylation is 1. The maximum absolute atomic E-state index is 11.8. The van der Waals surface area contributed by atoms with E-state index >= 15 is 0 Å². The van der Waals surface area contributed by atoms with Crippen molar-refractivity contribution in [1.29, 1.82) is 0 Å². The second-order valence-electron chi connectivity index (χ2n) is 6.36. The van der Waals surface area contributed by atoms with Crippen LogP contribution in [0.5, 0.6) is 5.75 Å². The van der Waals surface area contributed by atoms with Crippen LogP contribution in [0.1, 0.15) is 16.7 Å². The number of anilines is 1. The number of amides is 1. The van der Waals surface area contributed by atoms with Crippen LogP contribution in [0.2, 0.25) is 0 Å². The quantitative estimate of drug-likeness (QED) is 0.461. The molecule has 0 unspecified atom stereocenters. The maximum atomic E-state index is 11.8. The summed E-state index contributed by atoms with van der Waals surface area (Å²) in [5.41, 5.74) is 6.58. The van der Waals surface area contributed by atoms with Gasteiger partial charge in [0.25, 0.3) is 5.91 Å². The maximum Gasteiger partial charge on any atom is 0.259 e. The zero-order valence-corrected chi connectivity index (χ0v) is 15.8. The number of carbonyl (C=O) groups excluding carboxylic acids is 1. The molecule has 3 aromatic carbocycles. The summed E-state index contributed by atoms with van der Waals surface area (Å²) in [4.78, 5) is 11.8. The topological polar surface area (TPSA) is 62.7 Å². The van der Waals surface area contributed by atoms with E-state index in [1.165, 1.54) is 5.56 Å². The third kappa shape index (κ3) is 6.29. The van der Waals surface area contributed by atoms with Crippen LogP contribution in [-0.2, 0) is 11.4 Å². The van der Waals surface area contributed by atoms with Gasteiger partial charge in [-0.2, -0.15) is 5.10 Å². The lowest BCUT2D eigenvalue weighted by atomic mass is 10.2. The zero-order chi connectivity index (χ0) is 19.6. The summed E-state index contributed by atoms with van der Waals surface area (Å²) in [6, 6.07) is 25.4. The first-order valence-electron chi connectivity index (χ1n) is 9.08. The molecule has 0 saturated carbocycles. The predicted octanol–water partition coefficient (Wildman–Crippen LogP) is 4.14. The van der Waals surface area contributed by atoms with Crippen molar-refractivity contribution in [3.8, 4) is 5.75 Å². The van der Waals surface area contributed by atoms with E-state index in [1.54, 1.807) is 6.21 Å². The van der Waals surface area contributed by atoms with E-state index in [-0.39, 0.29) is 12.5 Å². The summed E-state index contributed by atoms with van der Waals surface area (Å²) >= 11 is 0. The highest BCUT2D eigenvalue weighted by Crippen LogP contribution is 2.13. The molecule has 2 N–H and O–H groups in total. The van der Waals surface area contributed by atoms with E-state index in [4.69, 9.17) is 4.74 Å². The molecule has 1 amide bonds. The first-order valence-corrected chi connectivity index (χ1v) is 9.08. The average Bonchev–Trinajstić information content (AvgIpc) is 2.73. The number of hydrogen-bond acceptors (Lipinski definition) is 4. The van der Waals surface area contributed by atoms with Gasteiger partial charge in [-0.15, -0.1) is 0 Å². The minimum Gasteiger partial charge on any atom is -0.489 e. The molecule has 0 spiro atoms. The fourth-order valence-corrected chi connectivity index (χ4v) is 2.46. The summed E-state index contributed by atoms with van der Waals surface area (Å²) < 4.78 is 5.75. The molecule has 0 aliphatic heterocycles. The van der Waals surface area contributed by atoms with Gasteiger partial charge < -0.3 is 10.1 Å². The zero-order valence-electron chi connectivity index (χ0n) is 15.8. The Morgan fingerprint density at radius 2 is 1.68 bits per heavy atom. The Bertz CT molecular complexity index is 905. The van der Waals surface area contributed by atoms with E-state index in [2.05, 4.69) is 15.8 Å². The van der Waals surface area contributed by atoms with Gasteiger partial charge in [0.1, 0.15) is 12.4 Å². The Morgan fingerprint density at radius 1 is 0.964 bits per heavy atom. The smallest absolute Gasteiger partial charge is 0.259 e. The number of nitrogens with one attached hydrogen (secondary N) is 2. The summed E-state index contributed by atoms with van der Waals surface area (Å²) in [7, 11) is 0. The molecule has 0 aromatic heterocycles. The summed E-state index contributed by atoms with van der Waals surface area (Å²) in [6.45, 7) is 2.71. The van der Waals surface area contributed by atoms with Crippen LogP contribution in [0.4, 0.5) is 5.69 Å². The van der Waals surface area contributed by atoms with Crippen molar-refractivity contribution in [3.05, 3.63) is 95.6 Å². The fraction of sp³-hybridized carbons (Fsp3) is 0.130. The summed E-state index contributed by atoms with van der Waals surface area (Å²) in [6.07, 6.45) is 1.60. The first kappa shape index (κ1) is 19.2. The number of nitrogens with zero attached hydrogens (tertiary/aromatic N) is 1. The molecule has 0 radical (unpaired) electrons. The standard InChI is InChI=1S/C23H23N3O2/c1-18-7-11-21(12-8-18)24-16-23(27)26-25-15-19-9-13-22(14-10-19)28-17-20-5-3-2-4-6-20/h2-15,24H,16-17H2,1H3,(H,26,27)/b25-15-. The van der Waals surface area contributed by atoms with Gasteiger partial charge in [0, 0.05) is 5.69 Å². The van der Waals surface area contributed by atoms with Crippen molar-refractivity contribution >= 4 is 17.8 Å². The summed E-state index contributed by atoms with van der Waals surface area (Å²) in [5, 5.41) is 7.04. The average molecular weight is 373 g/mol. The minimum atomic E-state index is -0.209. The normalized spacial score (nSPS) is 10.6. The van der Waals surface area contributed by atoms with Gasteiger partial charge in [-0.25, -0.2) is 5.43 Å². The van der Waals surface area contributed by atoms with Crippen LogP contribution >= 0.6 is 0 Å². The highest BCUT2D eigenvalue weighted by Gasteiger charge is 2.00. The second-order valence-corrected chi connectivity index (χ2v) is 6.36. The van der Waals surface area contributed by atoms with Crippen molar-refractivity contribution in [2.45, 2.75) is 13.5 Å². The van der Waals surface area contributed by atoms with Crippen LogP contribution in [0.3, 0.4) is 0 Å². The summed E-state index contributed by atoms with van der Waals surface area (Å²) in [5.74, 6) is 0.576. The fourth-order valence-electron chi connectivity index (χ4n) is 2.46. The number of ether oxygens (including phenoxy) is 1. The molecular weight excluding hydrogens is 350 g/mol. The van der Waals surface area contributed by atoms with Gasteiger partial charge in [-0.3, -0.25) is 4.79 Å². The molecule has 142 valence electrons. The largest absolute Gasteiger partial charge is 0.489 e. The van der Waals surface area contributed by atoms with Gasteiger partial charge in [0.2, 0.25) is 0 Å². The highest BCUT2D eigenvalue weighted by atomic mass is 16.5. The lowest BCUT2D eigenvalue weighted by Gasteiger charge is -2.06. The van der Waals surface area contributed by atoms with Crippen LogP contribution in [0, 0.1) is 6.92 Å². The molecule has 3 aromatic rings. The second kappa shape index (κ2) is 9.92. The third-order valence-electron chi connectivity index (χ3n) is 4.04. The van der Waals surface area contributed by atoms with Crippen LogP contribution in [0.15, 0.2) is 84.0 Å². The molecule has 5 heteroatoms. The van der Waals surface area contributed by atoms with Crippen molar-refractivity contribution in [1.82, 2.24) is 5.43 Å². The molecule has 0 fully saturated rings. The molecule has 0 aliphatic rings.